The molecule has 1 saturated heterocycles. The Hall–Kier alpha value is -2.12. The average molecular weight is 335 g/mol. The predicted molar refractivity (Wildman–Crippen MR) is 92.1 cm³/mol. The molecule has 24 heavy (non-hydrogen) atoms. The fourth-order valence-electron chi connectivity index (χ4n) is 2.65. The lowest BCUT2D eigenvalue weighted by molar-refractivity contribution is -0.134. The Balaban J connectivity index is 2.11. The molecule has 2 N–H and O–H groups in total. The number of methoxy groups -OCH3 is 1. The quantitative estimate of drug-likeness (QED) is 0.350. The normalized spacial score (nSPS) is 15.6. The van der Waals surface area contributed by atoms with Crippen molar-refractivity contribution in [3.63, 3.8) is 0 Å². The molecule has 1 amide bonds. The van der Waals surface area contributed by atoms with E-state index in [1.54, 1.807) is 37.1 Å². The van der Waals surface area contributed by atoms with Crippen LogP contribution in [0.1, 0.15) is 19.8 Å². The molecule has 1 aromatic rings. The first-order valence-corrected chi connectivity index (χ1v) is 8.17. The Labute approximate surface area is 142 Å². The van der Waals surface area contributed by atoms with E-state index in [1.807, 2.05) is 0 Å². The summed E-state index contributed by atoms with van der Waals surface area (Å²) in [5.41, 5.74) is 6.85. The van der Waals surface area contributed by atoms with E-state index in [4.69, 9.17) is 15.2 Å². The van der Waals surface area contributed by atoms with Gasteiger partial charge >= 0.3 is 5.97 Å². The summed E-state index contributed by atoms with van der Waals surface area (Å²) in [5, 5.41) is 0. The van der Waals surface area contributed by atoms with Gasteiger partial charge < -0.3 is 20.1 Å². The number of amides is 1. The fraction of sp³-hybridized carbons (Fsp3) is 0.529. The molecular weight excluding hydrogens is 310 g/mol. The lowest BCUT2D eigenvalue weighted by atomic mass is 10.2. The maximum Gasteiger partial charge on any atom is 0.311 e. The summed E-state index contributed by atoms with van der Waals surface area (Å²) in [4.78, 5) is 27.9. The molecule has 132 valence electrons. The Morgan fingerprint density at radius 1 is 1.33 bits per heavy atom. The van der Waals surface area contributed by atoms with Gasteiger partial charge in [-0.2, -0.15) is 0 Å². The van der Waals surface area contributed by atoms with Gasteiger partial charge in [0.1, 0.15) is 0 Å². The topological polar surface area (TPSA) is 85.1 Å². The number of hydrogen-bond donors (Lipinski definition) is 1. The number of esters is 1. The minimum Gasteiger partial charge on any atom is -0.422 e. The van der Waals surface area contributed by atoms with Crippen molar-refractivity contribution in [3.8, 4) is 5.75 Å². The molecule has 0 saturated carbocycles. The number of nitrogens with two attached hydrogens (primary N) is 1. The van der Waals surface area contributed by atoms with Crippen LogP contribution in [0.5, 0.6) is 5.75 Å². The molecule has 0 bridgehead atoms. The van der Waals surface area contributed by atoms with Crippen molar-refractivity contribution in [1.29, 1.82) is 0 Å². The Kier molecular flexibility index (Phi) is 6.57. The Morgan fingerprint density at radius 3 is 2.79 bits per heavy atom. The van der Waals surface area contributed by atoms with E-state index in [0.717, 1.165) is 19.5 Å². The van der Waals surface area contributed by atoms with Crippen molar-refractivity contribution >= 4 is 23.3 Å². The molecule has 1 heterocycles. The molecule has 0 radical (unpaired) electrons. The summed E-state index contributed by atoms with van der Waals surface area (Å²) < 4.78 is 10.4. The summed E-state index contributed by atoms with van der Waals surface area (Å²) in [6, 6.07) is 5.17. The second kappa shape index (κ2) is 8.65. The first-order valence-electron chi connectivity index (χ1n) is 8.17. The van der Waals surface area contributed by atoms with Gasteiger partial charge in [0, 0.05) is 39.8 Å². The van der Waals surface area contributed by atoms with Gasteiger partial charge in [-0.1, -0.05) is 13.0 Å². The summed E-state index contributed by atoms with van der Waals surface area (Å²) >= 11 is 0. The molecule has 1 aliphatic heterocycles. The number of rotatable bonds is 7. The Morgan fingerprint density at radius 2 is 2.12 bits per heavy atom. The van der Waals surface area contributed by atoms with E-state index in [2.05, 4.69) is 4.90 Å². The number of para-hydroxylation sites is 1. The molecule has 2 rings (SSSR count). The maximum atomic E-state index is 12.5. The van der Waals surface area contributed by atoms with Crippen LogP contribution in [-0.4, -0.2) is 56.7 Å². The molecular formula is C17H25N3O4. The number of carbonyl (C=O) groups is 2. The first kappa shape index (κ1) is 18.2. The van der Waals surface area contributed by atoms with Crippen LogP contribution in [0.2, 0.25) is 0 Å². The van der Waals surface area contributed by atoms with Gasteiger partial charge in [-0.3, -0.25) is 14.5 Å². The summed E-state index contributed by atoms with van der Waals surface area (Å²) in [6.45, 7) is 4.84. The van der Waals surface area contributed by atoms with Crippen molar-refractivity contribution in [2.75, 3.05) is 50.5 Å². The van der Waals surface area contributed by atoms with E-state index in [1.165, 1.54) is 0 Å². The number of nitrogen functional groups attached to an aromatic ring is 1. The van der Waals surface area contributed by atoms with Gasteiger partial charge in [0.2, 0.25) is 5.91 Å². The molecule has 7 nitrogen and oxygen atoms in total. The van der Waals surface area contributed by atoms with E-state index < -0.39 is 0 Å². The van der Waals surface area contributed by atoms with Gasteiger partial charge in [-0.15, -0.1) is 0 Å². The van der Waals surface area contributed by atoms with Crippen LogP contribution in [-0.2, 0) is 14.3 Å². The standard InChI is InChI=1S/C17H25N3O4/c1-3-16(22)24-17-13(18)6-4-7-14(17)20-10-9-19(12-15(20)21)8-5-11-23-2/h4,6-7H,3,5,8-12,18H2,1-2H3. The highest BCUT2D eigenvalue weighted by atomic mass is 16.5. The van der Waals surface area contributed by atoms with Crippen LogP contribution in [0.4, 0.5) is 11.4 Å². The van der Waals surface area contributed by atoms with E-state index in [0.29, 0.717) is 31.1 Å². The smallest absolute Gasteiger partial charge is 0.311 e. The molecule has 0 spiro atoms. The van der Waals surface area contributed by atoms with Crippen molar-refractivity contribution < 1.29 is 19.1 Å². The van der Waals surface area contributed by atoms with E-state index in [-0.39, 0.29) is 24.0 Å². The zero-order valence-electron chi connectivity index (χ0n) is 14.3. The average Bonchev–Trinajstić information content (AvgIpc) is 2.57. The number of piperazine rings is 1. The second-order valence-electron chi connectivity index (χ2n) is 5.69. The number of nitrogens with zero attached hydrogens (tertiary/aromatic N) is 2. The third-order valence-corrected chi connectivity index (χ3v) is 3.94. The van der Waals surface area contributed by atoms with Crippen molar-refractivity contribution in [2.24, 2.45) is 0 Å². The largest absolute Gasteiger partial charge is 0.422 e. The van der Waals surface area contributed by atoms with Crippen LogP contribution in [0, 0.1) is 0 Å². The molecule has 1 aliphatic rings. The van der Waals surface area contributed by atoms with Gasteiger partial charge in [-0.25, -0.2) is 0 Å². The lowest BCUT2D eigenvalue weighted by Gasteiger charge is -2.35. The fourth-order valence-corrected chi connectivity index (χ4v) is 2.65. The number of anilines is 2. The highest BCUT2D eigenvalue weighted by Gasteiger charge is 2.28. The van der Waals surface area contributed by atoms with Crippen LogP contribution in [0.25, 0.3) is 0 Å². The third kappa shape index (κ3) is 4.46. The summed E-state index contributed by atoms with van der Waals surface area (Å²) in [7, 11) is 1.67. The highest BCUT2D eigenvalue weighted by molar-refractivity contribution is 5.98. The van der Waals surface area contributed by atoms with Crippen molar-refractivity contribution in [3.05, 3.63) is 18.2 Å². The van der Waals surface area contributed by atoms with Crippen LogP contribution >= 0.6 is 0 Å². The van der Waals surface area contributed by atoms with Gasteiger partial charge in [0.05, 0.1) is 17.9 Å². The summed E-state index contributed by atoms with van der Waals surface area (Å²) in [6.07, 6.45) is 1.14. The number of carbonyl (C=O) groups excluding carboxylic acids is 2. The monoisotopic (exact) mass is 335 g/mol. The highest BCUT2D eigenvalue weighted by Crippen LogP contribution is 2.35. The minimum absolute atomic E-state index is 0.0296. The minimum atomic E-state index is -0.375. The van der Waals surface area contributed by atoms with Crippen molar-refractivity contribution in [2.45, 2.75) is 19.8 Å². The molecule has 0 aromatic heterocycles. The van der Waals surface area contributed by atoms with Gasteiger partial charge in [-0.05, 0) is 18.6 Å². The zero-order valence-corrected chi connectivity index (χ0v) is 14.3. The SMILES string of the molecule is CCC(=O)Oc1c(N)cccc1N1CCN(CCCOC)CC1=O. The van der Waals surface area contributed by atoms with Crippen LogP contribution in [0.3, 0.4) is 0 Å². The maximum absolute atomic E-state index is 12.5. The summed E-state index contributed by atoms with van der Waals surface area (Å²) in [5.74, 6) is -0.136. The second-order valence-corrected chi connectivity index (χ2v) is 5.69. The van der Waals surface area contributed by atoms with E-state index >= 15 is 0 Å². The van der Waals surface area contributed by atoms with Gasteiger partial charge in [0.15, 0.2) is 5.75 Å². The lowest BCUT2D eigenvalue weighted by Crippen LogP contribution is -2.50. The molecule has 0 unspecified atom stereocenters. The number of hydrogen-bond acceptors (Lipinski definition) is 6. The van der Waals surface area contributed by atoms with Crippen molar-refractivity contribution in [1.82, 2.24) is 4.90 Å². The first-order chi connectivity index (χ1) is 11.6. The molecule has 0 atom stereocenters. The molecule has 0 aliphatic carbocycles. The number of benzene rings is 1. The van der Waals surface area contributed by atoms with Crippen LogP contribution < -0.4 is 15.4 Å². The van der Waals surface area contributed by atoms with E-state index in [9.17, 15) is 9.59 Å². The molecule has 1 aromatic carbocycles. The Bertz CT molecular complexity index is 591. The van der Waals surface area contributed by atoms with Crippen LogP contribution in [0.15, 0.2) is 18.2 Å². The molecule has 1 fully saturated rings. The zero-order chi connectivity index (χ0) is 17.5. The predicted octanol–water partition coefficient (Wildman–Crippen LogP) is 1.27. The van der Waals surface area contributed by atoms with Gasteiger partial charge in [0.25, 0.3) is 0 Å². The molecule has 7 heteroatoms. The number of ether oxygens (including phenoxy) is 2. The third-order valence-electron chi connectivity index (χ3n) is 3.94.